The second-order valence-corrected chi connectivity index (χ2v) is 25.0. The lowest BCUT2D eigenvalue weighted by Crippen LogP contribution is -2.55. The van der Waals surface area contributed by atoms with Crippen LogP contribution in [0.3, 0.4) is 0 Å². The van der Waals surface area contributed by atoms with E-state index in [0.29, 0.717) is 82.4 Å². The summed E-state index contributed by atoms with van der Waals surface area (Å²) in [5.74, 6) is 2.33. The van der Waals surface area contributed by atoms with Gasteiger partial charge >= 0.3 is 12.0 Å². The fourth-order valence-electron chi connectivity index (χ4n) is 16.3. The first-order valence-corrected chi connectivity index (χ1v) is 30.2. The molecule has 2 amide bonds. The van der Waals surface area contributed by atoms with Crippen LogP contribution in [0.4, 0.5) is 11.6 Å². The number of fused-ring (bicyclic) bond motifs is 6. The zero-order chi connectivity index (χ0) is 56.0. The van der Waals surface area contributed by atoms with Gasteiger partial charge in [0.1, 0.15) is 24.8 Å². The highest BCUT2D eigenvalue weighted by molar-refractivity contribution is 5.88. The molecule has 4 aliphatic carbocycles. The monoisotopic (exact) mass is 1090 g/mol. The average molecular weight is 1090 g/mol. The summed E-state index contributed by atoms with van der Waals surface area (Å²) in [6, 6.07) is 21.5. The molecule has 4 aliphatic heterocycles. The average Bonchev–Trinajstić information content (AvgIpc) is 4.15. The number of nitriles is 2. The summed E-state index contributed by atoms with van der Waals surface area (Å²) in [4.78, 5) is 60.0. The normalized spacial score (nSPS) is 28.1. The van der Waals surface area contributed by atoms with Gasteiger partial charge in [0.15, 0.2) is 0 Å². The quantitative estimate of drug-likeness (QED) is 0.119. The number of anilines is 2. The van der Waals surface area contributed by atoms with Crippen molar-refractivity contribution in [1.82, 2.24) is 39.5 Å². The minimum atomic E-state index is -0.271. The fourth-order valence-corrected chi connectivity index (χ4v) is 16.3. The molecule has 81 heavy (non-hydrogen) atoms. The lowest BCUT2D eigenvalue weighted by molar-refractivity contribution is -0.129. The van der Waals surface area contributed by atoms with E-state index in [1.807, 2.05) is 0 Å². The molecule has 4 aromatic rings. The number of likely N-dealkylation sites (N-methyl/N-ethyl adjacent to an activating group) is 2. The number of piperazine rings is 2. The van der Waals surface area contributed by atoms with E-state index >= 15 is 0 Å². The van der Waals surface area contributed by atoms with E-state index in [9.17, 15) is 20.1 Å². The van der Waals surface area contributed by atoms with E-state index in [4.69, 9.17) is 29.4 Å². The van der Waals surface area contributed by atoms with Crippen molar-refractivity contribution in [3.63, 3.8) is 0 Å². The van der Waals surface area contributed by atoms with Crippen molar-refractivity contribution in [2.24, 2.45) is 5.92 Å². The molecule has 424 valence electrons. The lowest BCUT2D eigenvalue weighted by Gasteiger charge is -2.47. The Morgan fingerprint density at radius 1 is 0.642 bits per heavy atom. The number of ether oxygens (including phenoxy) is 2. The second-order valence-electron chi connectivity index (χ2n) is 25.0. The molecule has 8 atom stereocenters. The van der Waals surface area contributed by atoms with E-state index in [-0.39, 0.29) is 53.6 Å². The smallest absolute Gasteiger partial charge is 0.318 e. The van der Waals surface area contributed by atoms with Crippen molar-refractivity contribution in [2.75, 3.05) is 89.5 Å². The minimum absolute atomic E-state index is 0.0109. The van der Waals surface area contributed by atoms with Crippen LogP contribution >= 0.6 is 0 Å². The molecule has 2 unspecified atom stereocenters. The number of nitrogens with zero attached hydrogens (tertiary/aromatic N) is 12. The third-order valence-electron chi connectivity index (χ3n) is 20.7. The number of likely N-dealkylation sites (tertiary alicyclic amines) is 2. The number of amides is 2. The van der Waals surface area contributed by atoms with E-state index in [0.717, 1.165) is 126 Å². The molecule has 4 fully saturated rings. The molecule has 2 aromatic heterocycles. The van der Waals surface area contributed by atoms with E-state index in [2.05, 4.69) is 108 Å². The van der Waals surface area contributed by atoms with Crippen LogP contribution in [0.25, 0.3) is 0 Å². The van der Waals surface area contributed by atoms with Gasteiger partial charge in [-0.15, -0.1) is 0 Å². The second kappa shape index (κ2) is 22.8. The number of rotatable bonds is 13. The highest BCUT2D eigenvalue weighted by Gasteiger charge is 2.48. The fraction of sp³-hybridized carbons (Fsp3) is 0.569. The third-order valence-corrected chi connectivity index (χ3v) is 20.7. The Hall–Kier alpha value is -6.88. The number of aromatic nitrogens is 4. The molecule has 6 heterocycles. The van der Waals surface area contributed by atoms with Gasteiger partial charge in [0, 0.05) is 79.9 Å². The van der Waals surface area contributed by atoms with Crippen LogP contribution in [0.2, 0.25) is 0 Å². The summed E-state index contributed by atoms with van der Waals surface area (Å²) in [7, 11) is 4.41. The Balaban J connectivity index is 0.791. The molecule has 0 bridgehead atoms. The van der Waals surface area contributed by atoms with E-state index in [1.54, 1.807) is 9.80 Å². The molecule has 16 nitrogen and oxygen atoms in total. The standard InChI is InChI=1S/C65H80N12O4/c1-6-58(78)76-33-31-74(39-45(76)22-28-66)60-52-20-26-64(24-11-16-49-43(3)13-10-18-54(49)64)36-56(52)68-63(71-60)81-42-48-35-44(38-73(48)5)50-19-25-65(55-17-9-8-15-51(50)55)27-21-53-57(37-65)69-62(80-41-47-14-12-30-72(47)4)70-61(53)75-32-34-77(59(79)7-2)46(40-75)23-29-67/h6-10,13,15,17-18,44-48,50H,1-2,11-12,14,16,19-27,30-42H2,3-5H3/t44?,45-,46-,47-,48-,50?,64-,65-/m0/s1. The van der Waals surface area contributed by atoms with Gasteiger partial charge in [0.05, 0.1) is 48.5 Å². The first kappa shape index (κ1) is 54.7. The number of hydrogen-bond donors (Lipinski definition) is 0. The number of hydrogen-bond acceptors (Lipinski definition) is 14. The Morgan fingerprint density at radius 2 is 1.23 bits per heavy atom. The molecule has 12 rings (SSSR count). The molecule has 16 heteroatoms. The SMILES string of the molecule is C=CC(=O)N1CCN(c2nc(OC[C@@H]3CCCN3C)nc3c2CC[C@@]2(CCC(C4C[C@@H](COc5nc6c(c(N7CCN(C(=O)C=C)[C@@H](CC#N)C7)n5)CC[C@@]5(CCCc7c(C)cccc75)C6)N(C)C4)c4ccccc42)C3)C[C@@H]1CC#N. The zero-order valence-corrected chi connectivity index (χ0v) is 48.0. The summed E-state index contributed by atoms with van der Waals surface area (Å²) in [5, 5.41) is 19.7. The number of carbonyl (C=O) groups is 2. The Labute approximate surface area is 478 Å². The molecule has 4 saturated heterocycles. The topological polar surface area (TPSA) is 171 Å². The predicted molar refractivity (Wildman–Crippen MR) is 311 cm³/mol. The Kier molecular flexibility index (Phi) is 15.4. The van der Waals surface area contributed by atoms with Gasteiger partial charge in [0.25, 0.3) is 0 Å². The number of benzene rings is 2. The molecule has 8 aliphatic rings. The van der Waals surface area contributed by atoms with Gasteiger partial charge in [-0.2, -0.15) is 30.5 Å². The van der Waals surface area contributed by atoms with Crippen molar-refractivity contribution in [3.05, 3.63) is 118 Å². The largest absolute Gasteiger partial charge is 0.462 e. The van der Waals surface area contributed by atoms with Crippen molar-refractivity contribution in [3.8, 4) is 24.2 Å². The van der Waals surface area contributed by atoms with Gasteiger partial charge < -0.3 is 34.0 Å². The van der Waals surface area contributed by atoms with Crippen molar-refractivity contribution < 1.29 is 19.1 Å². The summed E-state index contributed by atoms with van der Waals surface area (Å²) in [6.07, 6.45) is 17.3. The van der Waals surface area contributed by atoms with E-state index in [1.165, 1.54) is 51.1 Å². The van der Waals surface area contributed by atoms with Crippen LogP contribution in [0, 0.1) is 35.5 Å². The van der Waals surface area contributed by atoms with Crippen LogP contribution in [0.15, 0.2) is 67.8 Å². The molecule has 2 spiro atoms. The molecule has 2 aromatic carbocycles. The van der Waals surface area contributed by atoms with Gasteiger partial charge in [-0.1, -0.05) is 55.6 Å². The van der Waals surface area contributed by atoms with Crippen LogP contribution in [0.1, 0.15) is 127 Å². The first-order chi connectivity index (χ1) is 39.4. The summed E-state index contributed by atoms with van der Waals surface area (Å²) in [6.45, 7) is 16.0. The third kappa shape index (κ3) is 10.3. The van der Waals surface area contributed by atoms with Crippen LogP contribution < -0.4 is 19.3 Å². The maximum absolute atomic E-state index is 13.0. The zero-order valence-electron chi connectivity index (χ0n) is 48.0. The molecular formula is C65H80N12O4. The molecule has 0 saturated carbocycles. The maximum atomic E-state index is 13.0. The highest BCUT2D eigenvalue weighted by atomic mass is 16.5. The maximum Gasteiger partial charge on any atom is 0.318 e. The van der Waals surface area contributed by atoms with Crippen LogP contribution in [-0.4, -0.2) is 155 Å². The first-order valence-electron chi connectivity index (χ1n) is 30.2. The summed E-state index contributed by atoms with van der Waals surface area (Å²) in [5.41, 5.74) is 11.7. The van der Waals surface area contributed by atoms with Crippen LogP contribution in [-0.2, 0) is 52.5 Å². The van der Waals surface area contributed by atoms with Gasteiger partial charge in [-0.3, -0.25) is 14.5 Å². The Bertz CT molecular complexity index is 3170. The molecular weight excluding hydrogens is 1010 g/mol. The van der Waals surface area contributed by atoms with Crippen molar-refractivity contribution in [1.29, 1.82) is 10.5 Å². The number of carbonyl (C=O) groups excluding carboxylic acids is 2. The van der Waals surface area contributed by atoms with Gasteiger partial charge in [-0.25, -0.2) is 0 Å². The van der Waals surface area contributed by atoms with Gasteiger partial charge in [-0.05, 0) is 169 Å². The van der Waals surface area contributed by atoms with Crippen molar-refractivity contribution in [2.45, 2.75) is 151 Å². The summed E-state index contributed by atoms with van der Waals surface area (Å²) >= 11 is 0. The Morgan fingerprint density at radius 3 is 1.83 bits per heavy atom. The molecule has 0 N–H and O–H groups in total. The highest BCUT2D eigenvalue weighted by Crippen LogP contribution is 2.54. The van der Waals surface area contributed by atoms with Gasteiger partial charge in [0.2, 0.25) is 11.8 Å². The minimum Gasteiger partial charge on any atom is -0.462 e. The molecule has 0 radical (unpaired) electrons. The number of aryl methyl sites for hydroxylation is 1. The van der Waals surface area contributed by atoms with Crippen LogP contribution in [0.5, 0.6) is 12.0 Å². The summed E-state index contributed by atoms with van der Waals surface area (Å²) < 4.78 is 13.4. The van der Waals surface area contributed by atoms with Crippen molar-refractivity contribution >= 4 is 23.5 Å². The van der Waals surface area contributed by atoms with E-state index < -0.39 is 0 Å². The predicted octanol–water partition coefficient (Wildman–Crippen LogP) is 7.75. The lowest BCUT2D eigenvalue weighted by atomic mass is 9.58.